The third kappa shape index (κ3) is 6.04. The van der Waals surface area contributed by atoms with Crippen molar-refractivity contribution in [2.75, 3.05) is 5.32 Å². The molecule has 0 aliphatic heterocycles. The summed E-state index contributed by atoms with van der Waals surface area (Å²) in [6.07, 6.45) is 0. The molecule has 4 rings (SSSR count). The highest BCUT2D eigenvalue weighted by atomic mass is 32.2. The Balaban J connectivity index is 1.55. The number of anilines is 1. The van der Waals surface area contributed by atoms with Gasteiger partial charge >= 0.3 is 6.03 Å². The molecule has 10 heteroatoms. The second-order valence-electron chi connectivity index (χ2n) is 7.91. The third-order valence-electron chi connectivity index (χ3n) is 5.27. The smallest absolute Gasteiger partial charge is 0.319 e. The van der Waals surface area contributed by atoms with Gasteiger partial charge in [0.15, 0.2) is 11.0 Å². The molecule has 9 nitrogen and oxygen atoms in total. The van der Waals surface area contributed by atoms with Crippen LogP contribution in [0.2, 0.25) is 0 Å². The predicted octanol–water partition coefficient (Wildman–Crippen LogP) is 5.41. The molecular formula is C25H24N6O3S. The number of aryl methyl sites for hydroxylation is 2. The monoisotopic (exact) mass is 488 g/mol. The lowest BCUT2D eigenvalue weighted by molar-refractivity contribution is -0.384. The van der Waals surface area contributed by atoms with E-state index < -0.39 is 4.92 Å². The van der Waals surface area contributed by atoms with Crippen LogP contribution in [0.4, 0.5) is 16.2 Å². The van der Waals surface area contributed by atoms with Crippen LogP contribution in [0.3, 0.4) is 0 Å². The fraction of sp³-hybridized carbons (Fsp3) is 0.160. The van der Waals surface area contributed by atoms with Gasteiger partial charge in [-0.25, -0.2) is 4.79 Å². The molecule has 0 aliphatic carbocycles. The molecule has 0 unspecified atom stereocenters. The topological polar surface area (TPSA) is 115 Å². The van der Waals surface area contributed by atoms with E-state index in [1.54, 1.807) is 16.7 Å². The third-order valence-corrected chi connectivity index (χ3v) is 6.27. The van der Waals surface area contributed by atoms with Gasteiger partial charge in [-0.05, 0) is 43.2 Å². The van der Waals surface area contributed by atoms with Crippen LogP contribution in [0.25, 0.3) is 5.69 Å². The van der Waals surface area contributed by atoms with Gasteiger partial charge in [0.25, 0.3) is 5.69 Å². The molecule has 0 saturated heterocycles. The van der Waals surface area contributed by atoms with E-state index in [0.717, 1.165) is 16.8 Å². The number of carbonyl (C=O) groups excluding carboxylic acids is 1. The second-order valence-corrected chi connectivity index (χ2v) is 8.85. The Kier molecular flexibility index (Phi) is 7.41. The van der Waals surface area contributed by atoms with Gasteiger partial charge in [0, 0.05) is 29.3 Å². The zero-order valence-electron chi connectivity index (χ0n) is 19.3. The number of nitro benzene ring substituents is 1. The van der Waals surface area contributed by atoms with Crippen molar-refractivity contribution >= 4 is 29.2 Å². The van der Waals surface area contributed by atoms with E-state index in [4.69, 9.17) is 0 Å². The van der Waals surface area contributed by atoms with Crippen LogP contribution in [0.15, 0.2) is 78.0 Å². The minimum absolute atomic E-state index is 0.00641. The summed E-state index contributed by atoms with van der Waals surface area (Å²) in [5.74, 6) is 1.18. The number of para-hydroxylation sites is 1. The Labute approximate surface area is 206 Å². The van der Waals surface area contributed by atoms with Crippen molar-refractivity contribution in [1.82, 2.24) is 20.1 Å². The van der Waals surface area contributed by atoms with Gasteiger partial charge in [-0.1, -0.05) is 59.8 Å². The highest BCUT2D eigenvalue weighted by Gasteiger charge is 2.17. The Morgan fingerprint density at radius 1 is 1.03 bits per heavy atom. The first-order chi connectivity index (χ1) is 16.9. The quantitative estimate of drug-likeness (QED) is 0.195. The molecule has 0 bridgehead atoms. The molecule has 4 aromatic rings. The van der Waals surface area contributed by atoms with Gasteiger partial charge in [0.2, 0.25) is 0 Å². The molecule has 0 spiro atoms. The van der Waals surface area contributed by atoms with Crippen LogP contribution in [-0.2, 0) is 12.3 Å². The van der Waals surface area contributed by atoms with Gasteiger partial charge in [0.05, 0.1) is 11.5 Å². The van der Waals surface area contributed by atoms with E-state index in [0.29, 0.717) is 22.4 Å². The average molecular weight is 489 g/mol. The summed E-state index contributed by atoms with van der Waals surface area (Å²) in [7, 11) is 0. The zero-order valence-corrected chi connectivity index (χ0v) is 20.1. The summed E-state index contributed by atoms with van der Waals surface area (Å²) in [5, 5.41) is 26.0. The summed E-state index contributed by atoms with van der Waals surface area (Å²) in [5.41, 5.74) is 4.65. The van der Waals surface area contributed by atoms with Crippen molar-refractivity contribution in [3.63, 3.8) is 0 Å². The number of non-ortho nitro benzene ring substituents is 1. The van der Waals surface area contributed by atoms with E-state index in [1.165, 1.54) is 29.5 Å². The number of amides is 2. The molecule has 0 saturated carbocycles. The molecule has 178 valence electrons. The molecule has 1 aromatic heterocycles. The summed E-state index contributed by atoms with van der Waals surface area (Å²) in [4.78, 5) is 23.1. The number of urea groups is 1. The maximum atomic E-state index is 12.5. The molecule has 0 aliphatic rings. The largest absolute Gasteiger partial charge is 0.331 e. The van der Waals surface area contributed by atoms with Crippen LogP contribution >= 0.6 is 11.8 Å². The normalized spacial score (nSPS) is 10.7. The fourth-order valence-electron chi connectivity index (χ4n) is 3.48. The first-order valence-corrected chi connectivity index (χ1v) is 11.9. The maximum absolute atomic E-state index is 12.5. The van der Waals surface area contributed by atoms with Gasteiger partial charge in [-0.3, -0.25) is 14.7 Å². The Bertz CT molecular complexity index is 1350. The Morgan fingerprint density at radius 3 is 2.51 bits per heavy atom. The van der Waals surface area contributed by atoms with E-state index in [2.05, 4.69) is 26.9 Å². The standard InChI is InChI=1S/C25H24N6O3S/c1-17-6-5-8-19(14-17)16-35-25-29-28-23(30(25)20-10-12-21(13-11-20)31(33)34)15-26-24(32)27-22-9-4-3-7-18(22)2/h3-14H,15-16H2,1-2H3,(H2,26,27,32). The molecule has 0 atom stereocenters. The number of nitrogens with zero attached hydrogens (tertiary/aromatic N) is 4. The fourth-order valence-corrected chi connectivity index (χ4v) is 4.39. The van der Waals surface area contributed by atoms with Crippen molar-refractivity contribution in [1.29, 1.82) is 0 Å². The minimum atomic E-state index is -0.443. The number of thioether (sulfide) groups is 1. The lowest BCUT2D eigenvalue weighted by atomic mass is 10.2. The van der Waals surface area contributed by atoms with Crippen LogP contribution in [0.5, 0.6) is 0 Å². The lowest BCUT2D eigenvalue weighted by Crippen LogP contribution is -2.29. The van der Waals surface area contributed by atoms with E-state index >= 15 is 0 Å². The number of nitrogens with one attached hydrogen (secondary N) is 2. The first-order valence-electron chi connectivity index (χ1n) is 10.9. The number of aromatic nitrogens is 3. The first kappa shape index (κ1) is 24.0. The second kappa shape index (κ2) is 10.8. The van der Waals surface area contributed by atoms with Crippen LogP contribution in [0, 0.1) is 24.0 Å². The highest BCUT2D eigenvalue weighted by Crippen LogP contribution is 2.27. The number of benzene rings is 3. The number of nitro groups is 1. The molecular weight excluding hydrogens is 464 g/mol. The van der Waals surface area contributed by atoms with Crippen molar-refractivity contribution in [2.24, 2.45) is 0 Å². The van der Waals surface area contributed by atoms with Gasteiger partial charge in [0.1, 0.15) is 0 Å². The van der Waals surface area contributed by atoms with Crippen molar-refractivity contribution in [3.05, 3.63) is 105 Å². The van der Waals surface area contributed by atoms with Gasteiger partial charge < -0.3 is 10.6 Å². The van der Waals surface area contributed by atoms with Gasteiger partial charge in [-0.2, -0.15) is 0 Å². The Hall–Kier alpha value is -4.18. The number of rotatable bonds is 8. The maximum Gasteiger partial charge on any atom is 0.319 e. The summed E-state index contributed by atoms with van der Waals surface area (Å²) in [6, 6.07) is 21.5. The predicted molar refractivity (Wildman–Crippen MR) is 136 cm³/mol. The van der Waals surface area contributed by atoms with Crippen LogP contribution in [0.1, 0.15) is 22.5 Å². The summed E-state index contributed by atoms with van der Waals surface area (Å²) in [6.45, 7) is 4.07. The van der Waals surface area contributed by atoms with E-state index in [-0.39, 0.29) is 18.3 Å². The van der Waals surface area contributed by atoms with Crippen molar-refractivity contribution < 1.29 is 9.72 Å². The average Bonchev–Trinajstić information content (AvgIpc) is 3.26. The molecule has 2 amide bonds. The van der Waals surface area contributed by atoms with Gasteiger partial charge in [-0.15, -0.1) is 10.2 Å². The number of hydrogen-bond donors (Lipinski definition) is 2. The number of carbonyl (C=O) groups is 1. The highest BCUT2D eigenvalue weighted by molar-refractivity contribution is 7.98. The van der Waals surface area contributed by atoms with E-state index in [9.17, 15) is 14.9 Å². The van der Waals surface area contributed by atoms with E-state index in [1.807, 2.05) is 56.3 Å². The SMILES string of the molecule is Cc1cccc(CSc2nnc(CNC(=O)Nc3ccccc3C)n2-c2ccc([N+](=O)[O-])cc2)c1. The van der Waals surface area contributed by atoms with Crippen LogP contribution in [-0.4, -0.2) is 25.7 Å². The Morgan fingerprint density at radius 2 is 1.80 bits per heavy atom. The molecule has 0 radical (unpaired) electrons. The zero-order chi connectivity index (χ0) is 24.8. The minimum Gasteiger partial charge on any atom is -0.331 e. The number of hydrogen-bond acceptors (Lipinski definition) is 6. The molecule has 2 N–H and O–H groups in total. The molecule has 1 heterocycles. The summed E-state index contributed by atoms with van der Waals surface area (Å²) < 4.78 is 1.80. The molecule has 0 fully saturated rings. The molecule has 3 aromatic carbocycles. The van der Waals surface area contributed by atoms with Crippen LogP contribution < -0.4 is 10.6 Å². The molecule has 35 heavy (non-hydrogen) atoms. The lowest BCUT2D eigenvalue weighted by Gasteiger charge is -2.12. The van der Waals surface area contributed by atoms with Crippen molar-refractivity contribution in [3.8, 4) is 5.69 Å². The van der Waals surface area contributed by atoms with Crippen molar-refractivity contribution in [2.45, 2.75) is 31.3 Å². The summed E-state index contributed by atoms with van der Waals surface area (Å²) >= 11 is 1.50.